The van der Waals surface area contributed by atoms with Crippen LogP contribution < -0.4 is 16.8 Å². The lowest BCUT2D eigenvalue weighted by Gasteiger charge is -2.50. The number of unbranched alkanes of at least 4 members (excludes halogenated alkanes) is 3. The fourth-order valence-electron chi connectivity index (χ4n) is 13.4. The summed E-state index contributed by atoms with van der Waals surface area (Å²) in [7, 11) is 0. The number of aromatic amines is 1. The Kier molecular flexibility index (Phi) is 35.2. The molecular formula is C63H107N7O34S3. The summed E-state index contributed by atoms with van der Waals surface area (Å²) < 4.78 is 83.8. The van der Waals surface area contributed by atoms with Crippen LogP contribution in [0.1, 0.15) is 51.1 Å². The van der Waals surface area contributed by atoms with Crippen LogP contribution in [0.3, 0.4) is 0 Å². The molecule has 21 aliphatic rings. The molecule has 0 spiro atoms. The number of amides is 1. The number of nitrogens with two attached hydrogens (primary N) is 2. The average molecular weight is 1600 g/mol. The van der Waals surface area contributed by atoms with Crippen molar-refractivity contribution in [2.24, 2.45) is 21.5 Å². The van der Waals surface area contributed by atoms with Crippen molar-refractivity contribution in [2.45, 2.75) is 267 Å². The number of aliphatic hydroxyl groups excluding tert-OH is 19. The van der Waals surface area contributed by atoms with Crippen LogP contribution in [-0.2, 0) is 77.5 Å². The zero-order valence-electron chi connectivity index (χ0n) is 58.6. The maximum atomic E-state index is 12.7. The first-order valence-electron chi connectivity index (χ1n) is 35.6. The number of amidine groups is 2. The Morgan fingerprint density at radius 1 is 0.411 bits per heavy atom. The lowest BCUT2D eigenvalue weighted by molar-refractivity contribution is -0.395. The third-order valence-electron chi connectivity index (χ3n) is 19.4. The number of imidazole rings is 1. The number of aliphatic imine (C=N–C) groups is 2. The van der Waals surface area contributed by atoms with Gasteiger partial charge in [0.1, 0.15) is 159 Å². The fourth-order valence-corrected chi connectivity index (χ4v) is 15.8. The second-order valence-corrected chi connectivity index (χ2v) is 30.6. The normalized spacial score (nSPS) is 43.5. The topological polar surface area (TPSA) is 648 Å². The van der Waals surface area contributed by atoms with E-state index in [1.54, 1.807) is 11.8 Å². The van der Waals surface area contributed by atoms with Gasteiger partial charge in [-0.15, -0.1) is 0 Å². The van der Waals surface area contributed by atoms with E-state index in [0.29, 0.717) is 36.8 Å². The molecule has 44 heteroatoms. The van der Waals surface area contributed by atoms with Gasteiger partial charge in [-0.2, -0.15) is 35.3 Å². The molecule has 21 aliphatic heterocycles. The van der Waals surface area contributed by atoms with Crippen molar-refractivity contribution >= 4 is 52.9 Å². The Hall–Kier alpha value is -2.65. The van der Waals surface area contributed by atoms with Gasteiger partial charge in [-0.25, -0.2) is 4.98 Å². The number of ether oxygens (including phenoxy) is 14. The summed E-state index contributed by atoms with van der Waals surface area (Å²) in [5.74, 6) is 2.61. The van der Waals surface area contributed by atoms with E-state index in [4.69, 9.17) is 77.8 Å². The van der Waals surface area contributed by atoms with Gasteiger partial charge in [0.2, 0.25) is 5.91 Å². The third-order valence-corrected chi connectivity index (χ3v) is 22.4. The lowest BCUT2D eigenvalue weighted by atomic mass is 9.95. The van der Waals surface area contributed by atoms with Crippen LogP contribution in [-0.4, -0.2) is 427 Å². The molecule has 1 aromatic rings. The molecule has 0 aromatic carbocycles. The van der Waals surface area contributed by atoms with Crippen molar-refractivity contribution in [1.82, 2.24) is 15.3 Å². The average Bonchev–Trinajstić information content (AvgIpc) is 1.31. The summed E-state index contributed by atoms with van der Waals surface area (Å²) in [6.45, 7) is -2.21. The van der Waals surface area contributed by atoms with E-state index in [-0.39, 0.29) is 48.4 Å². The highest BCUT2D eigenvalue weighted by Crippen LogP contribution is 2.40. The van der Waals surface area contributed by atoms with Crippen molar-refractivity contribution in [1.29, 1.82) is 0 Å². The number of nitrogens with one attached hydrogen (secondary N) is 2. The summed E-state index contributed by atoms with van der Waals surface area (Å²) in [4.78, 5) is 28.3. The number of rotatable bonds is 28. The Morgan fingerprint density at radius 2 is 0.692 bits per heavy atom. The molecule has 22 heterocycles. The molecule has 0 radical (unpaired) electrons. The van der Waals surface area contributed by atoms with E-state index >= 15 is 0 Å². The van der Waals surface area contributed by atoms with Gasteiger partial charge in [0, 0.05) is 73.1 Å². The largest absolute Gasteiger partial charge is 0.394 e. The molecular weight excluding hydrogens is 1490 g/mol. The number of hydrogen-bond donors (Lipinski definition) is 23. The highest BCUT2D eigenvalue weighted by Gasteiger charge is 2.60. The maximum Gasteiger partial charge on any atom is 0.226 e. The van der Waals surface area contributed by atoms with E-state index in [1.165, 1.54) is 24.3 Å². The van der Waals surface area contributed by atoms with Crippen LogP contribution in [0.5, 0.6) is 0 Å². The molecule has 1 aromatic heterocycles. The maximum absolute atomic E-state index is 12.7. The number of nitrogens with zero attached hydrogens (tertiary/aromatic N) is 3. The molecule has 107 heavy (non-hydrogen) atoms. The Morgan fingerprint density at radius 3 is 0.972 bits per heavy atom. The summed E-state index contributed by atoms with van der Waals surface area (Å²) in [6.07, 6.45) is -61.9. The first-order valence-corrected chi connectivity index (χ1v) is 39.1. The van der Waals surface area contributed by atoms with Gasteiger partial charge in [0.15, 0.2) is 44.0 Å². The number of aromatic nitrogens is 2. The summed E-state index contributed by atoms with van der Waals surface area (Å²) in [5, 5.41) is 221. The molecule has 14 bridgehead atoms. The second kappa shape index (κ2) is 42.6. The minimum absolute atomic E-state index is 0.0345. The van der Waals surface area contributed by atoms with Gasteiger partial charge >= 0.3 is 0 Å². The van der Waals surface area contributed by atoms with E-state index in [9.17, 15) is 102 Å². The number of carbonyl (C=O) groups excluding carboxylic acids is 1. The van der Waals surface area contributed by atoms with Crippen LogP contribution in [0.4, 0.5) is 0 Å². The summed E-state index contributed by atoms with van der Waals surface area (Å²) >= 11 is 4.06. The number of thioether (sulfide) groups is 3. The minimum Gasteiger partial charge on any atom is -0.394 e. The fraction of sp³-hybridized carbons (Fsp3) is 0.905. The molecule has 21 fully saturated rings. The smallest absolute Gasteiger partial charge is 0.226 e. The van der Waals surface area contributed by atoms with Crippen LogP contribution in [0.25, 0.3) is 0 Å². The van der Waals surface area contributed by atoms with Gasteiger partial charge in [0.05, 0.1) is 69.7 Å². The van der Waals surface area contributed by atoms with Crippen LogP contribution in [0.15, 0.2) is 22.5 Å². The minimum atomic E-state index is -2.22. The van der Waals surface area contributed by atoms with Gasteiger partial charge in [-0.1, -0.05) is 19.8 Å². The molecule has 1 amide bonds. The molecule has 22 rings (SSSR count). The molecule has 0 aliphatic carbocycles. The van der Waals surface area contributed by atoms with Gasteiger partial charge in [-0.3, -0.25) is 14.8 Å². The van der Waals surface area contributed by atoms with Crippen molar-refractivity contribution in [3.63, 3.8) is 0 Å². The van der Waals surface area contributed by atoms with E-state index in [0.717, 1.165) is 49.0 Å². The molecule has 35 atom stereocenters. The first kappa shape index (κ1) is 88.3. The lowest BCUT2D eigenvalue weighted by Crippen LogP contribution is -2.68. The summed E-state index contributed by atoms with van der Waals surface area (Å²) in [5.41, 5.74) is 12.9. The standard InChI is InChI=1S/C63H107N7O34S3/c1-2-105-12-9-67-33(64)7-5-3-4-6-8-34(65)68-10-13-106-22-31-55-41(82)48(89)62(96-31)101-53-29(20-74)93-59(45(86)38(53)79)100-52-28(19-73)95-61(47(88)40(52)81)104-56-32(23-107-14-11-69-35(76)15-25-16-66-24-70-25)97-63(49(90)42(56)83)102-54-30(21-75)92-58(44(85)37(54)78)98-50-26(17-71)91-57(43(84)36(50)77)99-51-27(18-72)94-60(103-55)46(87)39(51)80/h16,24,26-32,36-63,71-75,77-90H,2-15,17-23H2,1H3,(H2,64,67)(H2,65,68)(H,66,70)(H,69,76)/t26?,27?,28?,29?,30?,31?,32?,36-,37-,38-,39-,40-,41-,42-,43?,44?,45?,46?,47?,48?,49?,50+,51+,52+,53+,54+,55+,56+,57+,58+,59-,60+,61-,62+,63-/m1/s1. The van der Waals surface area contributed by atoms with E-state index < -0.39 is 248 Å². The predicted octanol–water partition coefficient (Wildman–Crippen LogP) is -10.9. The Bertz CT molecular complexity index is 2830. The predicted molar refractivity (Wildman–Crippen MR) is 368 cm³/mol. The quantitative estimate of drug-likeness (QED) is 0.0210. The highest BCUT2D eigenvalue weighted by molar-refractivity contribution is 7.99. The first-order chi connectivity index (χ1) is 51.4. The molecule has 0 saturated carbocycles. The van der Waals surface area contributed by atoms with Crippen LogP contribution in [0, 0.1) is 0 Å². The number of carbonyl (C=O) groups is 1. The second-order valence-electron chi connectivity index (χ2n) is 26.9. The van der Waals surface area contributed by atoms with E-state index in [2.05, 4.69) is 32.2 Å². The monoisotopic (exact) mass is 1600 g/mol. The van der Waals surface area contributed by atoms with Crippen LogP contribution >= 0.6 is 35.3 Å². The van der Waals surface area contributed by atoms with Gasteiger partial charge < -0.3 is 185 Å². The number of aliphatic hydroxyl groups is 19. The SMILES string of the molecule is CCSCCN=C(N)CCCCCCC(N)=NCCSCC1O[C@H]2O[C@H]3C(CO)O[C@H](O[C@H]4C(CO)O[C@H](O[C@H]5C(CSCCNC(=O)Cc6cnc[nH]6)O[C@H](O[C@H]6C(CO)O[C@@H](O[C@H]7C(CO)O[C@@H](O[C@H]8C(CO)O[C@@H](O[C@@H]1[C@H](O)C2O)C(O)[C@H]8O)C(O)[C@H]7O)C(O)[C@H]6O)C(O)[C@H]5O)C(O)[C@H]4O)C(O)[C@H]3O. The zero-order chi connectivity index (χ0) is 77.3. The molecule has 21 saturated heterocycles. The summed E-state index contributed by atoms with van der Waals surface area (Å²) in [6, 6.07) is 0. The van der Waals surface area contributed by atoms with Gasteiger partial charge in [0.25, 0.3) is 0 Å². The van der Waals surface area contributed by atoms with Gasteiger partial charge in [-0.05, 0) is 18.6 Å². The number of hydrogen-bond acceptors (Lipinski definition) is 40. The molecule has 14 unspecified atom stereocenters. The third kappa shape index (κ3) is 22.5. The number of H-pyrrole nitrogens is 1. The van der Waals surface area contributed by atoms with Crippen molar-refractivity contribution < 1.29 is 168 Å². The van der Waals surface area contributed by atoms with E-state index in [1.807, 2.05) is 0 Å². The Labute approximate surface area is 627 Å². The van der Waals surface area contributed by atoms with Crippen molar-refractivity contribution in [3.05, 3.63) is 18.2 Å². The highest BCUT2D eigenvalue weighted by atomic mass is 32.2. The van der Waals surface area contributed by atoms with Crippen molar-refractivity contribution in [2.75, 3.05) is 87.2 Å². The molecule has 25 N–H and O–H groups in total. The van der Waals surface area contributed by atoms with Crippen molar-refractivity contribution in [3.8, 4) is 0 Å². The molecule has 616 valence electrons. The molecule has 41 nitrogen and oxygen atoms in total. The Balaban J connectivity index is 0.956. The zero-order valence-corrected chi connectivity index (χ0v) is 61.0. The van der Waals surface area contributed by atoms with Crippen LogP contribution in [0.2, 0.25) is 0 Å².